The van der Waals surface area contributed by atoms with Crippen LogP contribution in [0.5, 0.6) is 0 Å². The van der Waals surface area contributed by atoms with Crippen LogP contribution in [0.25, 0.3) is 11.2 Å². The molecule has 3 aromatic rings. The van der Waals surface area contributed by atoms with E-state index in [1.165, 1.54) is 9.13 Å². The average molecular weight is 394 g/mol. The van der Waals surface area contributed by atoms with Crippen molar-refractivity contribution in [3.05, 3.63) is 58.6 Å². The third-order valence-corrected chi connectivity index (χ3v) is 6.66. The maximum atomic E-state index is 13.4. The summed E-state index contributed by atoms with van der Waals surface area (Å²) in [5.41, 5.74) is 0.840. The molecule has 0 amide bonds. The molecule has 0 bridgehead atoms. The first-order valence-corrected chi connectivity index (χ1v) is 9.71. The zero-order valence-corrected chi connectivity index (χ0v) is 15.2. The van der Waals surface area contributed by atoms with Crippen LogP contribution in [0.4, 0.5) is 8.78 Å². The minimum Gasteiger partial charge on any atom is -0.293 e. The highest BCUT2D eigenvalue weighted by molar-refractivity contribution is 7.89. The minimum atomic E-state index is -4.07. The third kappa shape index (κ3) is 2.85. The summed E-state index contributed by atoms with van der Waals surface area (Å²) < 4.78 is 56.5. The first-order valence-electron chi connectivity index (χ1n) is 8.27. The normalized spacial score (nSPS) is 18.4. The molecule has 1 aliphatic heterocycles. The highest BCUT2D eigenvalue weighted by Crippen LogP contribution is 2.29. The lowest BCUT2D eigenvalue weighted by atomic mass is 10.2. The van der Waals surface area contributed by atoms with Gasteiger partial charge in [-0.25, -0.2) is 27.0 Å². The van der Waals surface area contributed by atoms with Gasteiger partial charge in [-0.15, -0.1) is 0 Å². The van der Waals surface area contributed by atoms with Crippen LogP contribution in [-0.4, -0.2) is 39.9 Å². The molecular weight excluding hydrogens is 378 g/mol. The van der Waals surface area contributed by atoms with Crippen LogP contribution in [-0.2, 0) is 17.1 Å². The first-order chi connectivity index (χ1) is 12.8. The van der Waals surface area contributed by atoms with Gasteiger partial charge in [0.2, 0.25) is 10.0 Å². The fourth-order valence-corrected chi connectivity index (χ4v) is 5.02. The number of aromatic nitrogens is 3. The van der Waals surface area contributed by atoms with Gasteiger partial charge < -0.3 is 0 Å². The molecule has 0 unspecified atom stereocenters. The van der Waals surface area contributed by atoms with Crippen molar-refractivity contribution in [3.63, 3.8) is 0 Å². The number of hydrogen-bond donors (Lipinski definition) is 0. The molecule has 4 rings (SSSR count). The van der Waals surface area contributed by atoms with Gasteiger partial charge in [0.1, 0.15) is 11.6 Å². The van der Waals surface area contributed by atoms with Gasteiger partial charge in [0.25, 0.3) is 0 Å². The van der Waals surface area contributed by atoms with Crippen LogP contribution < -0.4 is 5.69 Å². The van der Waals surface area contributed by atoms with Gasteiger partial charge in [0.15, 0.2) is 5.65 Å². The van der Waals surface area contributed by atoms with E-state index in [1.807, 2.05) is 0 Å². The van der Waals surface area contributed by atoms with Crippen LogP contribution in [0.1, 0.15) is 12.5 Å². The van der Waals surface area contributed by atoms with Crippen molar-refractivity contribution in [1.29, 1.82) is 0 Å². The molecular formula is C17H16F2N4O3S. The number of fused-ring (bicyclic) bond motifs is 1. The number of halogens is 2. The zero-order chi connectivity index (χ0) is 19.3. The monoisotopic (exact) mass is 394 g/mol. The molecule has 0 N–H and O–H groups in total. The van der Waals surface area contributed by atoms with Crippen LogP contribution >= 0.6 is 0 Å². The molecule has 3 heterocycles. The average Bonchev–Trinajstić information content (AvgIpc) is 3.19. The van der Waals surface area contributed by atoms with Gasteiger partial charge in [-0.05, 0) is 30.7 Å². The van der Waals surface area contributed by atoms with E-state index in [9.17, 15) is 22.0 Å². The van der Waals surface area contributed by atoms with Crippen molar-refractivity contribution < 1.29 is 17.2 Å². The largest absolute Gasteiger partial charge is 0.330 e. The van der Waals surface area contributed by atoms with Crippen LogP contribution in [0.3, 0.4) is 0 Å². The summed E-state index contributed by atoms with van der Waals surface area (Å²) in [5.74, 6) is -1.92. The van der Waals surface area contributed by atoms with Gasteiger partial charge in [-0.1, -0.05) is 0 Å². The Balaban J connectivity index is 1.70. The predicted octanol–water partition coefficient (Wildman–Crippen LogP) is 1.65. The SMILES string of the molecule is Cn1c(=O)n([C@@H]2CCN(S(=O)(=O)c3cc(F)cc(F)c3)C2)c2ncccc21. The summed E-state index contributed by atoms with van der Waals surface area (Å²) in [5, 5.41) is 0. The number of sulfonamides is 1. The predicted molar refractivity (Wildman–Crippen MR) is 93.7 cm³/mol. The van der Waals surface area contributed by atoms with E-state index < -0.39 is 32.6 Å². The van der Waals surface area contributed by atoms with E-state index in [1.54, 1.807) is 25.4 Å². The van der Waals surface area contributed by atoms with E-state index in [0.717, 1.165) is 16.4 Å². The van der Waals surface area contributed by atoms with Gasteiger partial charge in [-0.3, -0.25) is 9.13 Å². The summed E-state index contributed by atoms with van der Waals surface area (Å²) in [4.78, 5) is 16.4. The maximum Gasteiger partial charge on any atom is 0.330 e. The number of imidazole rings is 1. The second-order valence-corrected chi connectivity index (χ2v) is 8.41. The highest BCUT2D eigenvalue weighted by Gasteiger charge is 2.35. The Labute approximate surface area is 153 Å². The molecule has 1 aromatic carbocycles. The molecule has 142 valence electrons. The Morgan fingerprint density at radius 2 is 1.89 bits per heavy atom. The number of hydrogen-bond acceptors (Lipinski definition) is 4. The molecule has 27 heavy (non-hydrogen) atoms. The molecule has 7 nitrogen and oxygen atoms in total. The van der Waals surface area contributed by atoms with Crippen molar-refractivity contribution in [2.45, 2.75) is 17.4 Å². The van der Waals surface area contributed by atoms with Gasteiger partial charge >= 0.3 is 5.69 Å². The third-order valence-electron chi connectivity index (χ3n) is 4.81. The molecule has 1 saturated heterocycles. The van der Waals surface area contributed by atoms with E-state index in [2.05, 4.69) is 4.98 Å². The van der Waals surface area contributed by atoms with Crippen molar-refractivity contribution in [2.24, 2.45) is 7.05 Å². The van der Waals surface area contributed by atoms with Crippen LogP contribution in [0.15, 0.2) is 46.2 Å². The number of nitrogens with zero attached hydrogens (tertiary/aromatic N) is 4. The Bertz CT molecular complexity index is 1180. The number of aryl methyl sites for hydroxylation is 1. The minimum absolute atomic E-state index is 0.0239. The number of rotatable bonds is 3. The van der Waals surface area contributed by atoms with Gasteiger partial charge in [0, 0.05) is 32.4 Å². The van der Waals surface area contributed by atoms with Crippen LogP contribution in [0, 0.1) is 11.6 Å². The maximum absolute atomic E-state index is 13.4. The van der Waals surface area contributed by atoms with Crippen LogP contribution in [0.2, 0.25) is 0 Å². The molecule has 10 heteroatoms. The Morgan fingerprint density at radius 3 is 2.59 bits per heavy atom. The highest BCUT2D eigenvalue weighted by atomic mass is 32.2. The summed E-state index contributed by atoms with van der Waals surface area (Å²) in [6.45, 7) is 0.164. The molecule has 0 radical (unpaired) electrons. The van der Waals surface area contributed by atoms with E-state index in [4.69, 9.17) is 0 Å². The fraction of sp³-hybridized carbons (Fsp3) is 0.294. The molecule has 0 saturated carbocycles. The second kappa shape index (κ2) is 6.24. The molecule has 0 aliphatic carbocycles. The molecule has 0 spiro atoms. The lowest BCUT2D eigenvalue weighted by Crippen LogP contribution is -2.32. The lowest BCUT2D eigenvalue weighted by Gasteiger charge is -2.17. The second-order valence-electron chi connectivity index (χ2n) is 6.47. The number of benzene rings is 1. The molecule has 1 aliphatic rings. The summed E-state index contributed by atoms with van der Waals surface area (Å²) in [6, 6.07) is 5.27. The van der Waals surface area contributed by atoms with Crippen molar-refractivity contribution in [2.75, 3.05) is 13.1 Å². The topological polar surface area (TPSA) is 77.2 Å². The number of pyridine rings is 1. The zero-order valence-electron chi connectivity index (χ0n) is 14.3. The first kappa shape index (κ1) is 17.8. The van der Waals surface area contributed by atoms with Gasteiger partial charge in [0.05, 0.1) is 16.5 Å². The van der Waals surface area contributed by atoms with E-state index in [0.29, 0.717) is 23.7 Å². The Morgan fingerprint density at radius 1 is 1.19 bits per heavy atom. The molecule has 2 aromatic heterocycles. The van der Waals surface area contributed by atoms with E-state index in [-0.39, 0.29) is 18.8 Å². The lowest BCUT2D eigenvalue weighted by molar-refractivity contribution is 0.448. The van der Waals surface area contributed by atoms with Gasteiger partial charge in [-0.2, -0.15) is 4.31 Å². The van der Waals surface area contributed by atoms with E-state index >= 15 is 0 Å². The smallest absolute Gasteiger partial charge is 0.293 e. The Kier molecular flexibility index (Phi) is 4.11. The Hall–Kier alpha value is -2.59. The molecule has 1 fully saturated rings. The van der Waals surface area contributed by atoms with Crippen molar-refractivity contribution >= 4 is 21.2 Å². The quantitative estimate of drug-likeness (QED) is 0.677. The summed E-state index contributed by atoms with van der Waals surface area (Å²) in [7, 11) is -2.45. The fourth-order valence-electron chi connectivity index (χ4n) is 3.49. The summed E-state index contributed by atoms with van der Waals surface area (Å²) in [6.07, 6.45) is 1.96. The molecule has 1 atom stereocenters. The standard InChI is InChI=1S/C17H16F2N4O3S/c1-21-15-3-2-5-20-16(15)23(17(21)24)13-4-6-22(10-13)27(25,26)14-8-11(18)7-12(19)9-14/h2-3,5,7-9,13H,4,6,10H2,1H3/t13-/m1/s1. The van der Waals surface area contributed by atoms with Crippen molar-refractivity contribution in [3.8, 4) is 0 Å². The van der Waals surface area contributed by atoms with Crippen molar-refractivity contribution in [1.82, 2.24) is 18.4 Å². The summed E-state index contributed by atoms with van der Waals surface area (Å²) >= 11 is 0.